The van der Waals surface area contributed by atoms with Crippen LogP contribution in [0.15, 0.2) is 33.9 Å². The van der Waals surface area contributed by atoms with Gasteiger partial charge < -0.3 is 4.74 Å². The molecule has 4 rings (SSSR count). The van der Waals surface area contributed by atoms with Crippen molar-refractivity contribution in [1.29, 1.82) is 0 Å². The van der Waals surface area contributed by atoms with Crippen LogP contribution < -0.4 is 16.0 Å². The zero-order chi connectivity index (χ0) is 24.2. The van der Waals surface area contributed by atoms with Crippen molar-refractivity contribution in [3.8, 4) is 11.4 Å². The second-order valence-corrected chi connectivity index (χ2v) is 9.23. The van der Waals surface area contributed by atoms with Crippen molar-refractivity contribution in [3.05, 3.63) is 56.5 Å². The van der Waals surface area contributed by atoms with Gasteiger partial charge in [-0.2, -0.15) is 4.98 Å². The third-order valence-corrected chi connectivity index (χ3v) is 6.06. The zero-order valence-electron chi connectivity index (χ0n) is 20.1. The fourth-order valence-corrected chi connectivity index (χ4v) is 3.98. The minimum atomic E-state index is -0.676. The number of ketones is 1. The number of nitrogens with zero attached hydrogens (tertiary/aromatic N) is 5. The molecule has 0 N–H and O–H groups in total. The summed E-state index contributed by atoms with van der Waals surface area (Å²) in [6.07, 6.45) is 0. The summed E-state index contributed by atoms with van der Waals surface area (Å²) < 4.78 is 11.8. The van der Waals surface area contributed by atoms with Gasteiger partial charge in [-0.15, -0.1) is 0 Å². The molecule has 1 aromatic carbocycles. The molecule has 0 bridgehead atoms. The quantitative estimate of drug-likeness (QED) is 0.465. The Bertz CT molecular complexity index is 1530. The number of imidazole rings is 2. The van der Waals surface area contributed by atoms with Crippen molar-refractivity contribution in [3.63, 3.8) is 0 Å². The third-order valence-electron chi connectivity index (χ3n) is 6.06. The standard InChI is InChI=1S/C24H29N5O4/c1-8-33-17-12-10-9-11-16(17)28-14(2)15(3)29-19-20(25-22(28)29)26(7)23(32)27(21(19)31)13-18(30)24(4,5)6/h9-12H,8,13H2,1-7H3. The highest BCUT2D eigenvalue weighted by Gasteiger charge is 2.27. The molecule has 0 fully saturated rings. The number of para-hydroxylation sites is 2. The first-order valence-corrected chi connectivity index (χ1v) is 10.9. The van der Waals surface area contributed by atoms with E-state index in [1.807, 2.05) is 49.6 Å². The monoisotopic (exact) mass is 451 g/mol. The number of aromatic nitrogens is 5. The summed E-state index contributed by atoms with van der Waals surface area (Å²) in [5.41, 5.74) is 1.24. The average Bonchev–Trinajstić information content (AvgIpc) is 3.25. The van der Waals surface area contributed by atoms with E-state index in [1.54, 1.807) is 32.2 Å². The van der Waals surface area contributed by atoms with Crippen LogP contribution in [0.5, 0.6) is 5.75 Å². The Morgan fingerprint density at radius 3 is 2.39 bits per heavy atom. The number of carbonyl (C=O) groups excluding carboxylic acids is 1. The van der Waals surface area contributed by atoms with Crippen molar-refractivity contribution in [2.75, 3.05) is 6.61 Å². The van der Waals surface area contributed by atoms with Crippen molar-refractivity contribution in [1.82, 2.24) is 23.1 Å². The van der Waals surface area contributed by atoms with Gasteiger partial charge in [-0.05, 0) is 32.9 Å². The van der Waals surface area contributed by atoms with Crippen LogP contribution in [0.4, 0.5) is 0 Å². The molecule has 0 radical (unpaired) electrons. The second-order valence-electron chi connectivity index (χ2n) is 9.23. The SMILES string of the molecule is CCOc1ccccc1-n1c(C)c(C)n2c3c(=O)n(CC(=O)C(C)(C)C)c(=O)n(C)c3nc12. The van der Waals surface area contributed by atoms with Gasteiger partial charge in [0.1, 0.15) is 5.75 Å². The highest BCUT2D eigenvalue weighted by atomic mass is 16.5. The highest BCUT2D eigenvalue weighted by Crippen LogP contribution is 2.30. The first-order valence-electron chi connectivity index (χ1n) is 10.9. The van der Waals surface area contributed by atoms with Crippen molar-refractivity contribution in [2.24, 2.45) is 12.5 Å². The number of benzene rings is 1. The van der Waals surface area contributed by atoms with Crippen LogP contribution in [0.25, 0.3) is 22.6 Å². The highest BCUT2D eigenvalue weighted by molar-refractivity contribution is 5.84. The van der Waals surface area contributed by atoms with Gasteiger partial charge in [-0.25, -0.2) is 4.79 Å². The van der Waals surface area contributed by atoms with Gasteiger partial charge in [0.15, 0.2) is 16.9 Å². The first kappa shape index (κ1) is 22.6. The molecular weight excluding hydrogens is 422 g/mol. The van der Waals surface area contributed by atoms with Gasteiger partial charge in [0.2, 0.25) is 5.78 Å². The van der Waals surface area contributed by atoms with E-state index in [0.29, 0.717) is 18.1 Å². The third kappa shape index (κ3) is 3.39. The lowest BCUT2D eigenvalue weighted by molar-refractivity contribution is -0.127. The predicted molar refractivity (Wildman–Crippen MR) is 127 cm³/mol. The van der Waals surface area contributed by atoms with Crippen LogP contribution in [0.2, 0.25) is 0 Å². The normalized spacial score (nSPS) is 12.1. The zero-order valence-corrected chi connectivity index (χ0v) is 20.1. The second kappa shape index (κ2) is 7.75. The van der Waals surface area contributed by atoms with Gasteiger partial charge in [-0.3, -0.25) is 27.7 Å². The largest absolute Gasteiger partial charge is 0.492 e. The van der Waals surface area contributed by atoms with Gasteiger partial charge in [0, 0.05) is 23.9 Å². The van der Waals surface area contributed by atoms with E-state index in [4.69, 9.17) is 9.72 Å². The van der Waals surface area contributed by atoms with E-state index in [2.05, 4.69) is 0 Å². The van der Waals surface area contributed by atoms with Crippen LogP contribution in [0.1, 0.15) is 39.1 Å². The molecule has 3 aromatic heterocycles. The lowest BCUT2D eigenvalue weighted by Gasteiger charge is -2.17. The van der Waals surface area contributed by atoms with E-state index < -0.39 is 16.7 Å². The van der Waals surface area contributed by atoms with Gasteiger partial charge >= 0.3 is 5.69 Å². The van der Waals surface area contributed by atoms with Gasteiger partial charge in [0.25, 0.3) is 5.56 Å². The smallest absolute Gasteiger partial charge is 0.332 e. The molecule has 174 valence electrons. The molecule has 0 saturated heterocycles. The number of Topliss-reactive ketones (excluding diaryl/α,β-unsaturated/α-hetero) is 1. The first-order chi connectivity index (χ1) is 15.5. The fourth-order valence-electron chi connectivity index (χ4n) is 3.98. The van der Waals surface area contributed by atoms with Crippen LogP contribution >= 0.6 is 0 Å². The molecule has 0 aliphatic rings. The minimum Gasteiger partial charge on any atom is -0.492 e. The summed E-state index contributed by atoms with van der Waals surface area (Å²) in [6.45, 7) is 11.3. The van der Waals surface area contributed by atoms with Crippen LogP contribution in [-0.4, -0.2) is 35.5 Å². The summed E-state index contributed by atoms with van der Waals surface area (Å²) in [6, 6.07) is 7.62. The summed E-state index contributed by atoms with van der Waals surface area (Å²) in [4.78, 5) is 43.9. The predicted octanol–water partition coefficient (Wildman–Crippen LogP) is 2.77. The molecule has 9 heteroatoms. The number of rotatable bonds is 5. The number of hydrogen-bond donors (Lipinski definition) is 0. The molecular formula is C24H29N5O4. The minimum absolute atomic E-state index is 0.196. The number of hydrogen-bond acceptors (Lipinski definition) is 5. The Kier molecular flexibility index (Phi) is 5.30. The van der Waals surface area contributed by atoms with Gasteiger partial charge in [0.05, 0.1) is 18.8 Å². The van der Waals surface area contributed by atoms with Crippen molar-refractivity contribution in [2.45, 2.75) is 48.1 Å². The lowest BCUT2D eigenvalue weighted by atomic mass is 9.91. The Morgan fingerprint density at radius 2 is 1.76 bits per heavy atom. The van der Waals surface area contributed by atoms with Crippen molar-refractivity contribution >= 4 is 22.7 Å². The fraction of sp³-hybridized carbons (Fsp3) is 0.417. The van der Waals surface area contributed by atoms with E-state index >= 15 is 0 Å². The average molecular weight is 452 g/mol. The summed E-state index contributed by atoms with van der Waals surface area (Å²) >= 11 is 0. The van der Waals surface area contributed by atoms with E-state index in [9.17, 15) is 14.4 Å². The molecule has 0 atom stereocenters. The van der Waals surface area contributed by atoms with Crippen molar-refractivity contribution < 1.29 is 9.53 Å². The Morgan fingerprint density at radius 1 is 1.09 bits per heavy atom. The maximum atomic E-state index is 13.5. The molecule has 0 spiro atoms. The molecule has 4 aromatic rings. The summed E-state index contributed by atoms with van der Waals surface area (Å²) in [5, 5.41) is 0. The summed E-state index contributed by atoms with van der Waals surface area (Å²) in [7, 11) is 1.56. The Labute approximate surface area is 190 Å². The van der Waals surface area contributed by atoms with E-state index in [-0.39, 0.29) is 23.5 Å². The molecule has 9 nitrogen and oxygen atoms in total. The van der Waals surface area contributed by atoms with Crippen LogP contribution in [0.3, 0.4) is 0 Å². The lowest BCUT2D eigenvalue weighted by Crippen LogP contribution is -2.43. The molecule has 0 amide bonds. The maximum Gasteiger partial charge on any atom is 0.332 e. The maximum absolute atomic E-state index is 13.5. The number of carbonyl (C=O) groups is 1. The number of aryl methyl sites for hydroxylation is 2. The van der Waals surface area contributed by atoms with E-state index in [0.717, 1.165) is 21.6 Å². The number of fused-ring (bicyclic) bond motifs is 3. The molecule has 3 heterocycles. The van der Waals surface area contributed by atoms with Gasteiger partial charge in [-0.1, -0.05) is 32.9 Å². The molecule has 0 aliphatic heterocycles. The molecule has 33 heavy (non-hydrogen) atoms. The van der Waals surface area contributed by atoms with E-state index in [1.165, 1.54) is 4.57 Å². The van der Waals surface area contributed by atoms with Crippen LogP contribution in [-0.2, 0) is 18.4 Å². The molecule has 0 aliphatic carbocycles. The molecule has 0 unspecified atom stereocenters. The van der Waals surface area contributed by atoms with Crippen LogP contribution in [0, 0.1) is 19.3 Å². The number of ether oxygens (including phenoxy) is 1. The Hall–Kier alpha value is -3.62. The Balaban J connectivity index is 2.09. The summed E-state index contributed by atoms with van der Waals surface area (Å²) in [5.74, 6) is 0.992. The molecule has 0 saturated carbocycles. The topological polar surface area (TPSA) is 92.5 Å².